The predicted octanol–water partition coefficient (Wildman–Crippen LogP) is 3.63. The summed E-state index contributed by atoms with van der Waals surface area (Å²) in [6.45, 7) is 1.78. The first-order valence-corrected chi connectivity index (χ1v) is 5.94. The molecule has 0 amide bonds. The Balaban J connectivity index is 2.30. The van der Waals surface area contributed by atoms with Gasteiger partial charge in [0.2, 0.25) is 0 Å². The van der Waals surface area contributed by atoms with Crippen molar-refractivity contribution in [2.45, 2.75) is 6.92 Å². The van der Waals surface area contributed by atoms with E-state index in [9.17, 15) is 4.91 Å². The van der Waals surface area contributed by atoms with Gasteiger partial charge in [-0.15, -0.1) is 0 Å². The second-order valence-electron chi connectivity index (χ2n) is 4.10. The molecule has 0 N–H and O–H groups in total. The second-order valence-corrected chi connectivity index (χ2v) is 4.10. The molecule has 0 heterocycles. The van der Waals surface area contributed by atoms with Gasteiger partial charge in [0, 0.05) is 11.6 Å². The molecule has 20 heavy (non-hydrogen) atoms. The van der Waals surface area contributed by atoms with Gasteiger partial charge >= 0.3 is 5.69 Å². The Kier molecular flexibility index (Phi) is 3.96. The van der Waals surface area contributed by atoms with Crippen molar-refractivity contribution in [1.82, 2.24) is 0 Å². The molecule has 5 heteroatoms. The van der Waals surface area contributed by atoms with Crippen molar-refractivity contribution < 1.29 is 14.5 Å². The summed E-state index contributed by atoms with van der Waals surface area (Å²) < 4.78 is 5.67. The van der Waals surface area contributed by atoms with Crippen molar-refractivity contribution in [1.29, 1.82) is 5.26 Å². The number of para-hydroxylation sites is 1. The topological polar surface area (TPSA) is 62.3 Å². The maximum absolute atomic E-state index is 11.4. The zero-order valence-corrected chi connectivity index (χ0v) is 11.2. The second kappa shape index (κ2) is 5.85. The molecule has 0 aromatic heterocycles. The van der Waals surface area contributed by atoms with Crippen LogP contribution in [0.4, 0.5) is 5.69 Å². The lowest BCUT2D eigenvalue weighted by molar-refractivity contribution is -0.737. The molecular weight excluding hydrogens is 256 g/mol. The van der Waals surface area contributed by atoms with E-state index < -0.39 is 0 Å². The van der Waals surface area contributed by atoms with Crippen LogP contribution in [0.3, 0.4) is 0 Å². The molecule has 2 aromatic carbocycles. The summed E-state index contributed by atoms with van der Waals surface area (Å²) in [6.07, 6.45) is 0. The summed E-state index contributed by atoms with van der Waals surface area (Å²) in [4.78, 5) is 16.5. The van der Waals surface area contributed by atoms with Crippen LogP contribution in [0.1, 0.15) is 11.1 Å². The molecule has 0 spiro atoms. The average molecular weight is 269 g/mol. The van der Waals surface area contributed by atoms with Crippen LogP contribution in [-0.4, -0.2) is 12.0 Å². The maximum atomic E-state index is 11.4. The molecule has 5 nitrogen and oxygen atoms in total. The molecule has 0 atom stereocenters. The van der Waals surface area contributed by atoms with E-state index in [0.29, 0.717) is 33.2 Å². The van der Waals surface area contributed by atoms with Crippen LogP contribution in [0.5, 0.6) is 11.5 Å². The standard InChI is InChI=1S/C15H13N2O3/c1-11-9-13(7-8-14(11)17(18)19-2)20-15-6-4-3-5-12(15)10-16/h3-9H,1-2H3/q+1. The molecular formula is C15H13N2O3+. The van der Waals surface area contributed by atoms with E-state index in [0.717, 1.165) is 0 Å². The molecule has 0 saturated carbocycles. The molecule has 0 saturated heterocycles. The molecule has 0 fully saturated rings. The summed E-state index contributed by atoms with van der Waals surface area (Å²) in [5, 5.41) is 9.01. The number of hydrogen-bond acceptors (Lipinski definition) is 4. The van der Waals surface area contributed by atoms with E-state index in [1.165, 1.54) is 7.11 Å². The van der Waals surface area contributed by atoms with Crippen molar-refractivity contribution in [3.05, 3.63) is 58.5 Å². The number of benzene rings is 2. The Labute approximate surface area is 116 Å². The smallest absolute Gasteiger partial charge is 0.319 e. The first kappa shape index (κ1) is 13.6. The Morgan fingerprint density at radius 1 is 1.20 bits per heavy atom. The Hall–Kier alpha value is -2.87. The zero-order valence-electron chi connectivity index (χ0n) is 11.2. The molecule has 2 rings (SSSR count). The van der Waals surface area contributed by atoms with Gasteiger partial charge < -0.3 is 4.74 Å². The normalized spacial score (nSPS) is 9.65. The lowest BCUT2D eigenvalue weighted by Crippen LogP contribution is -2.00. The van der Waals surface area contributed by atoms with Gasteiger partial charge in [0.25, 0.3) is 4.92 Å². The monoisotopic (exact) mass is 269 g/mol. The summed E-state index contributed by atoms with van der Waals surface area (Å²) in [7, 11) is 1.31. The molecule has 0 radical (unpaired) electrons. The van der Waals surface area contributed by atoms with Gasteiger partial charge in [-0.1, -0.05) is 12.1 Å². The molecule has 100 valence electrons. The highest BCUT2D eigenvalue weighted by atomic mass is 16.8. The van der Waals surface area contributed by atoms with Crippen molar-refractivity contribution in [3.63, 3.8) is 0 Å². The summed E-state index contributed by atoms with van der Waals surface area (Å²) in [5.74, 6) is 1.03. The Bertz CT molecular complexity index is 690. The minimum absolute atomic E-state index is 0.411. The van der Waals surface area contributed by atoms with Crippen LogP contribution in [0.2, 0.25) is 0 Å². The Morgan fingerprint density at radius 3 is 2.60 bits per heavy atom. The zero-order chi connectivity index (χ0) is 14.5. The van der Waals surface area contributed by atoms with E-state index in [4.69, 9.17) is 10.00 Å². The third kappa shape index (κ3) is 2.75. The van der Waals surface area contributed by atoms with E-state index in [1.54, 1.807) is 49.4 Å². The number of rotatable bonds is 4. The van der Waals surface area contributed by atoms with Crippen LogP contribution < -0.4 is 4.74 Å². The van der Waals surface area contributed by atoms with Gasteiger partial charge in [0.1, 0.15) is 17.6 Å². The van der Waals surface area contributed by atoms with E-state index in [1.807, 2.05) is 0 Å². The SMILES string of the molecule is CO[N+](=O)c1ccc(Oc2ccccc2C#N)cc1C. The summed E-state index contributed by atoms with van der Waals surface area (Å²) >= 11 is 0. The fourth-order valence-corrected chi connectivity index (χ4v) is 1.77. The highest BCUT2D eigenvalue weighted by Crippen LogP contribution is 2.28. The minimum atomic E-state index is 0.411. The van der Waals surface area contributed by atoms with Gasteiger partial charge in [-0.05, 0) is 31.2 Å². The molecule has 0 aliphatic rings. The highest BCUT2D eigenvalue weighted by Gasteiger charge is 2.18. The first-order valence-electron chi connectivity index (χ1n) is 5.94. The van der Waals surface area contributed by atoms with Gasteiger partial charge in [0.15, 0.2) is 7.11 Å². The van der Waals surface area contributed by atoms with Gasteiger partial charge in [-0.3, -0.25) is 0 Å². The van der Waals surface area contributed by atoms with Gasteiger partial charge in [-0.2, -0.15) is 5.26 Å². The third-order valence-corrected chi connectivity index (χ3v) is 2.77. The van der Waals surface area contributed by atoms with Crippen molar-refractivity contribution in [3.8, 4) is 17.6 Å². The summed E-state index contributed by atoms with van der Waals surface area (Å²) in [5.41, 5.74) is 1.58. The van der Waals surface area contributed by atoms with E-state index in [2.05, 4.69) is 10.9 Å². The molecule has 0 aliphatic carbocycles. The first-order chi connectivity index (χ1) is 9.65. The fourth-order valence-electron chi connectivity index (χ4n) is 1.77. The van der Waals surface area contributed by atoms with Crippen LogP contribution in [0.15, 0.2) is 42.5 Å². The predicted molar refractivity (Wildman–Crippen MR) is 72.7 cm³/mol. The highest BCUT2D eigenvalue weighted by molar-refractivity contribution is 5.48. The van der Waals surface area contributed by atoms with Crippen LogP contribution in [-0.2, 0) is 4.84 Å². The van der Waals surface area contributed by atoms with Crippen LogP contribution >= 0.6 is 0 Å². The third-order valence-electron chi connectivity index (χ3n) is 2.77. The largest absolute Gasteiger partial charge is 0.456 e. The molecule has 0 unspecified atom stereocenters. The molecule has 2 aromatic rings. The van der Waals surface area contributed by atoms with Crippen molar-refractivity contribution in [2.24, 2.45) is 0 Å². The number of ether oxygens (including phenoxy) is 1. The van der Waals surface area contributed by atoms with Crippen LogP contribution in [0, 0.1) is 23.2 Å². The Morgan fingerprint density at radius 2 is 1.95 bits per heavy atom. The summed E-state index contributed by atoms with van der Waals surface area (Å²) in [6, 6.07) is 14.0. The van der Waals surface area contributed by atoms with E-state index in [-0.39, 0.29) is 0 Å². The molecule has 0 aliphatic heterocycles. The average Bonchev–Trinajstić information content (AvgIpc) is 2.47. The van der Waals surface area contributed by atoms with E-state index >= 15 is 0 Å². The van der Waals surface area contributed by atoms with Gasteiger partial charge in [0.05, 0.1) is 10.5 Å². The number of nitriles is 1. The van der Waals surface area contributed by atoms with Crippen molar-refractivity contribution >= 4 is 5.69 Å². The quantitative estimate of drug-likeness (QED) is 0.795. The fraction of sp³-hybridized carbons (Fsp3) is 0.133. The van der Waals surface area contributed by atoms with Crippen LogP contribution in [0.25, 0.3) is 0 Å². The lowest BCUT2D eigenvalue weighted by Gasteiger charge is -2.07. The van der Waals surface area contributed by atoms with Crippen molar-refractivity contribution in [2.75, 3.05) is 7.11 Å². The number of aryl methyl sites for hydroxylation is 1. The minimum Gasteiger partial charge on any atom is -0.456 e. The molecule has 0 bridgehead atoms. The number of nitrogens with zero attached hydrogens (tertiary/aromatic N) is 2. The number of hydrogen-bond donors (Lipinski definition) is 0. The lowest BCUT2D eigenvalue weighted by atomic mass is 10.2. The maximum Gasteiger partial charge on any atom is 0.319 e. The van der Waals surface area contributed by atoms with Gasteiger partial charge in [-0.25, -0.2) is 4.84 Å².